The Morgan fingerprint density at radius 3 is 2.35 bits per heavy atom. The first-order chi connectivity index (χ1) is 23.3. The molecule has 256 valence electrons. The van der Waals surface area contributed by atoms with Gasteiger partial charge in [0.1, 0.15) is 23.6 Å². The summed E-state index contributed by atoms with van der Waals surface area (Å²) in [6, 6.07) is 22.5. The van der Waals surface area contributed by atoms with E-state index < -0.39 is 23.9 Å². The van der Waals surface area contributed by atoms with Crippen LogP contribution in [0.1, 0.15) is 60.0 Å². The van der Waals surface area contributed by atoms with Gasteiger partial charge in [0.05, 0.1) is 19.3 Å². The molecule has 1 aliphatic heterocycles. The van der Waals surface area contributed by atoms with Crippen LogP contribution in [0.4, 0.5) is 0 Å². The van der Waals surface area contributed by atoms with Gasteiger partial charge in [0.25, 0.3) is 5.91 Å². The Balaban J connectivity index is 1.54. The molecule has 0 spiro atoms. The van der Waals surface area contributed by atoms with Crippen molar-refractivity contribution in [3.8, 4) is 11.5 Å². The minimum atomic E-state index is -0.994. The number of fused-ring (bicyclic) bond motifs is 1. The maximum atomic E-state index is 13.7. The Bertz CT molecular complexity index is 1500. The van der Waals surface area contributed by atoms with Gasteiger partial charge < -0.3 is 29.9 Å². The molecule has 4 rings (SSSR count). The van der Waals surface area contributed by atoms with Gasteiger partial charge in [0.2, 0.25) is 17.7 Å². The number of hydrogen-bond acceptors (Lipinski definition) is 6. The Kier molecular flexibility index (Phi) is 13.8. The molecule has 0 saturated carbocycles. The predicted octanol–water partition coefficient (Wildman–Crippen LogP) is 4.41. The van der Waals surface area contributed by atoms with Crippen molar-refractivity contribution >= 4 is 23.6 Å². The number of hydrogen-bond donors (Lipinski definition) is 2. The summed E-state index contributed by atoms with van der Waals surface area (Å²) in [6.07, 6.45) is 4.38. The van der Waals surface area contributed by atoms with Crippen LogP contribution in [0.2, 0.25) is 0 Å². The second-order valence-corrected chi connectivity index (χ2v) is 12.2. The average molecular weight is 657 g/mol. The van der Waals surface area contributed by atoms with E-state index in [2.05, 4.69) is 10.6 Å². The molecule has 2 N–H and O–H groups in total. The molecule has 3 aromatic carbocycles. The number of nitrogens with zero attached hydrogens (tertiary/aromatic N) is 2. The molecule has 2 atom stereocenters. The predicted molar refractivity (Wildman–Crippen MR) is 185 cm³/mol. The Labute approximate surface area is 283 Å². The molecule has 0 fully saturated rings. The summed E-state index contributed by atoms with van der Waals surface area (Å²) in [4.78, 5) is 57.7. The first-order valence-corrected chi connectivity index (χ1v) is 16.7. The molecule has 0 saturated heterocycles. The SMILES string of the molecule is COc1ccc(CCNC(=O)[C@@H]2CCC(=O)N(C)[C@@H](Cc3ccccc3)C(=O)N(C)CCCCCCOc3ccccc3C(=O)N2)cc1. The number of carbonyl (C=O) groups is 4. The lowest BCUT2D eigenvalue weighted by molar-refractivity contribution is -0.144. The molecular formula is C38H48N4O6. The van der Waals surface area contributed by atoms with Crippen molar-refractivity contribution in [3.63, 3.8) is 0 Å². The van der Waals surface area contributed by atoms with E-state index in [4.69, 9.17) is 9.47 Å². The number of para-hydroxylation sites is 1. The van der Waals surface area contributed by atoms with Gasteiger partial charge in [-0.25, -0.2) is 0 Å². The Morgan fingerprint density at radius 2 is 1.60 bits per heavy atom. The molecule has 1 heterocycles. The van der Waals surface area contributed by atoms with E-state index in [1.807, 2.05) is 54.6 Å². The van der Waals surface area contributed by atoms with Crippen LogP contribution < -0.4 is 20.1 Å². The minimum Gasteiger partial charge on any atom is -0.497 e. The van der Waals surface area contributed by atoms with Crippen LogP contribution >= 0.6 is 0 Å². The maximum absolute atomic E-state index is 13.7. The zero-order valence-electron chi connectivity index (χ0n) is 28.3. The quantitative estimate of drug-likeness (QED) is 0.389. The number of methoxy groups -OCH3 is 1. The Hall–Kier alpha value is -4.86. The van der Waals surface area contributed by atoms with E-state index in [1.165, 1.54) is 4.90 Å². The van der Waals surface area contributed by atoms with Crippen LogP contribution in [-0.4, -0.2) is 86.4 Å². The topological polar surface area (TPSA) is 117 Å². The second-order valence-electron chi connectivity index (χ2n) is 12.2. The summed E-state index contributed by atoms with van der Waals surface area (Å²) < 4.78 is 11.2. The van der Waals surface area contributed by atoms with E-state index in [-0.39, 0.29) is 24.7 Å². The van der Waals surface area contributed by atoms with E-state index in [0.717, 1.165) is 42.6 Å². The molecular weight excluding hydrogens is 608 g/mol. The summed E-state index contributed by atoms with van der Waals surface area (Å²) >= 11 is 0. The molecule has 10 heteroatoms. The van der Waals surface area contributed by atoms with Crippen molar-refractivity contribution in [1.29, 1.82) is 0 Å². The van der Waals surface area contributed by atoms with E-state index in [1.54, 1.807) is 50.4 Å². The fourth-order valence-electron chi connectivity index (χ4n) is 5.73. The Morgan fingerprint density at radius 1 is 0.896 bits per heavy atom. The lowest BCUT2D eigenvalue weighted by atomic mass is 10.0. The highest BCUT2D eigenvalue weighted by atomic mass is 16.5. The number of benzene rings is 3. The van der Waals surface area contributed by atoms with Crippen LogP contribution in [-0.2, 0) is 27.2 Å². The standard InChI is InChI=1S/C38H48N4O6/c1-41-25-11-4-5-12-26-48-34-16-10-9-15-31(34)36(44)40-32(37(45)39-24-23-28-17-19-30(47-3)20-18-28)21-22-35(43)42(2)33(38(41)46)27-29-13-7-6-8-14-29/h6-10,13-20,32-33H,4-5,11-12,21-27H2,1-3H3,(H,39,45)(H,40,44)/t32-,33-/m0/s1. The number of nitrogens with one attached hydrogen (secondary N) is 2. The molecule has 0 radical (unpaired) electrons. The minimum absolute atomic E-state index is 0.0478. The van der Waals surface area contributed by atoms with E-state index in [9.17, 15) is 19.2 Å². The summed E-state index contributed by atoms with van der Waals surface area (Å²) in [5.74, 6) is -0.0863. The monoisotopic (exact) mass is 656 g/mol. The fraction of sp³-hybridized carbons (Fsp3) is 0.421. The van der Waals surface area contributed by atoms with Gasteiger partial charge in [0, 0.05) is 40.0 Å². The highest BCUT2D eigenvalue weighted by Crippen LogP contribution is 2.20. The molecule has 0 aromatic heterocycles. The molecule has 0 aliphatic carbocycles. The van der Waals surface area contributed by atoms with Crippen molar-refractivity contribution in [2.24, 2.45) is 0 Å². The normalized spacial score (nSPS) is 18.8. The molecule has 48 heavy (non-hydrogen) atoms. The van der Waals surface area contributed by atoms with E-state index in [0.29, 0.717) is 43.9 Å². The van der Waals surface area contributed by atoms with Gasteiger partial charge >= 0.3 is 0 Å². The summed E-state index contributed by atoms with van der Waals surface area (Å²) in [6.45, 7) is 1.35. The highest BCUT2D eigenvalue weighted by molar-refractivity contribution is 5.99. The molecule has 3 aromatic rings. The van der Waals surface area contributed by atoms with Crippen LogP contribution in [0.5, 0.6) is 11.5 Å². The summed E-state index contributed by atoms with van der Waals surface area (Å²) in [5.41, 5.74) is 2.29. The third-order valence-corrected chi connectivity index (χ3v) is 8.71. The maximum Gasteiger partial charge on any atom is 0.255 e. The highest BCUT2D eigenvalue weighted by Gasteiger charge is 2.31. The second kappa shape index (κ2) is 18.5. The average Bonchev–Trinajstić information content (AvgIpc) is 3.11. The van der Waals surface area contributed by atoms with Crippen LogP contribution in [0, 0.1) is 0 Å². The van der Waals surface area contributed by atoms with Gasteiger partial charge in [0.15, 0.2) is 0 Å². The van der Waals surface area contributed by atoms with Gasteiger partial charge in [-0.05, 0) is 61.1 Å². The first-order valence-electron chi connectivity index (χ1n) is 16.7. The van der Waals surface area contributed by atoms with Gasteiger partial charge in [-0.2, -0.15) is 0 Å². The van der Waals surface area contributed by atoms with Crippen molar-refractivity contribution < 1.29 is 28.7 Å². The molecule has 0 unspecified atom stereocenters. The number of amides is 4. The van der Waals surface area contributed by atoms with Crippen LogP contribution in [0.3, 0.4) is 0 Å². The molecule has 4 amide bonds. The number of ether oxygens (including phenoxy) is 2. The zero-order valence-corrected chi connectivity index (χ0v) is 28.3. The molecule has 1 aliphatic rings. The number of carbonyl (C=O) groups excluding carboxylic acids is 4. The third kappa shape index (κ3) is 10.6. The van der Waals surface area contributed by atoms with Crippen molar-refractivity contribution in [3.05, 3.63) is 95.6 Å². The number of rotatable bonds is 7. The van der Waals surface area contributed by atoms with Crippen molar-refractivity contribution in [2.45, 2.75) is 63.5 Å². The van der Waals surface area contributed by atoms with E-state index >= 15 is 0 Å². The van der Waals surface area contributed by atoms with Crippen molar-refractivity contribution in [1.82, 2.24) is 20.4 Å². The lowest BCUT2D eigenvalue weighted by Crippen LogP contribution is -2.51. The van der Waals surface area contributed by atoms with Gasteiger partial charge in [-0.15, -0.1) is 0 Å². The molecule has 0 bridgehead atoms. The zero-order chi connectivity index (χ0) is 34.3. The lowest BCUT2D eigenvalue weighted by Gasteiger charge is -2.31. The third-order valence-electron chi connectivity index (χ3n) is 8.71. The fourth-order valence-corrected chi connectivity index (χ4v) is 5.73. The van der Waals surface area contributed by atoms with Gasteiger partial charge in [-0.1, -0.05) is 67.4 Å². The first kappa shape index (κ1) is 36.0. The van der Waals surface area contributed by atoms with Crippen molar-refractivity contribution in [2.75, 3.05) is 40.9 Å². The van der Waals surface area contributed by atoms with Crippen LogP contribution in [0.25, 0.3) is 0 Å². The smallest absolute Gasteiger partial charge is 0.255 e. The summed E-state index contributed by atoms with van der Waals surface area (Å²) in [5, 5.41) is 5.79. The molecule has 10 nitrogen and oxygen atoms in total. The van der Waals surface area contributed by atoms with Crippen LogP contribution in [0.15, 0.2) is 78.9 Å². The summed E-state index contributed by atoms with van der Waals surface area (Å²) in [7, 11) is 5.03. The van der Waals surface area contributed by atoms with Gasteiger partial charge in [-0.3, -0.25) is 19.2 Å². The largest absolute Gasteiger partial charge is 0.497 e. The number of likely N-dealkylation sites (N-methyl/N-ethyl adjacent to an activating group) is 2.